The van der Waals surface area contributed by atoms with Gasteiger partial charge in [-0.3, -0.25) is 4.79 Å². The third kappa shape index (κ3) is 5.72. The molecule has 6 nitrogen and oxygen atoms in total. The highest BCUT2D eigenvalue weighted by Crippen LogP contribution is 2.25. The summed E-state index contributed by atoms with van der Waals surface area (Å²) in [6, 6.07) is 17.0. The molecule has 0 spiro atoms. The van der Waals surface area contributed by atoms with E-state index in [1.807, 2.05) is 23.1 Å². The SMILES string of the molecule is CN1CCN(C(=O)/C=C/c2ccc(S(=O)(=O)N3CCCCCC3)cc2)[C@H](c2ccccc2)C1. The van der Waals surface area contributed by atoms with E-state index in [-0.39, 0.29) is 11.9 Å². The highest BCUT2D eigenvalue weighted by Gasteiger charge is 2.29. The largest absolute Gasteiger partial charge is 0.330 e. The zero-order valence-corrected chi connectivity index (χ0v) is 20.1. The van der Waals surface area contributed by atoms with Gasteiger partial charge < -0.3 is 9.80 Å². The Labute approximate surface area is 197 Å². The van der Waals surface area contributed by atoms with Crippen molar-refractivity contribution in [1.29, 1.82) is 0 Å². The average Bonchev–Trinajstić information content (AvgIpc) is 3.14. The fourth-order valence-electron chi connectivity index (χ4n) is 4.59. The van der Waals surface area contributed by atoms with Crippen molar-refractivity contribution in [3.05, 3.63) is 71.8 Å². The molecule has 176 valence electrons. The lowest BCUT2D eigenvalue weighted by molar-refractivity contribution is -0.130. The number of sulfonamides is 1. The van der Waals surface area contributed by atoms with Crippen LogP contribution in [0.5, 0.6) is 0 Å². The lowest BCUT2D eigenvalue weighted by Crippen LogP contribution is -2.48. The Balaban J connectivity index is 1.45. The van der Waals surface area contributed by atoms with E-state index in [9.17, 15) is 13.2 Å². The third-order valence-electron chi connectivity index (χ3n) is 6.55. The predicted molar refractivity (Wildman–Crippen MR) is 131 cm³/mol. The second-order valence-corrected chi connectivity index (χ2v) is 10.9. The molecule has 33 heavy (non-hydrogen) atoms. The molecule has 0 unspecified atom stereocenters. The summed E-state index contributed by atoms with van der Waals surface area (Å²) in [5.41, 5.74) is 1.94. The van der Waals surface area contributed by atoms with Gasteiger partial charge in [0.1, 0.15) is 0 Å². The van der Waals surface area contributed by atoms with Crippen LogP contribution in [0.2, 0.25) is 0 Å². The van der Waals surface area contributed by atoms with E-state index >= 15 is 0 Å². The van der Waals surface area contributed by atoms with Crippen LogP contribution in [0.1, 0.15) is 42.9 Å². The molecule has 0 bridgehead atoms. The zero-order valence-electron chi connectivity index (χ0n) is 19.3. The Bertz CT molecular complexity index is 1060. The van der Waals surface area contributed by atoms with Crippen molar-refractivity contribution >= 4 is 22.0 Å². The van der Waals surface area contributed by atoms with E-state index < -0.39 is 10.0 Å². The Morgan fingerprint density at radius 3 is 2.21 bits per heavy atom. The van der Waals surface area contributed by atoms with Gasteiger partial charge in [-0.2, -0.15) is 4.31 Å². The molecule has 2 aromatic carbocycles. The number of likely N-dealkylation sites (N-methyl/N-ethyl adjacent to an activating group) is 1. The van der Waals surface area contributed by atoms with Gasteiger partial charge in [0.25, 0.3) is 0 Å². The molecule has 0 radical (unpaired) electrons. The molecule has 2 fully saturated rings. The normalized spacial score (nSPS) is 21.2. The van der Waals surface area contributed by atoms with Gasteiger partial charge >= 0.3 is 0 Å². The van der Waals surface area contributed by atoms with Gasteiger partial charge in [0.15, 0.2) is 0 Å². The number of benzene rings is 2. The minimum Gasteiger partial charge on any atom is -0.330 e. The Kier molecular flexibility index (Phi) is 7.63. The minimum absolute atomic E-state index is 0.0169. The summed E-state index contributed by atoms with van der Waals surface area (Å²) >= 11 is 0. The molecule has 0 saturated carbocycles. The van der Waals surface area contributed by atoms with Crippen LogP contribution < -0.4 is 0 Å². The van der Waals surface area contributed by atoms with Crippen LogP contribution in [0.25, 0.3) is 6.08 Å². The Morgan fingerprint density at radius 1 is 0.879 bits per heavy atom. The first-order valence-electron chi connectivity index (χ1n) is 11.8. The number of piperazine rings is 1. The molecule has 0 aliphatic carbocycles. The van der Waals surface area contributed by atoms with Crippen molar-refractivity contribution in [2.24, 2.45) is 0 Å². The van der Waals surface area contributed by atoms with Crippen LogP contribution in [-0.2, 0) is 14.8 Å². The molecule has 1 atom stereocenters. The van der Waals surface area contributed by atoms with E-state index in [2.05, 4.69) is 24.1 Å². The predicted octanol–water partition coefficient (Wildman–Crippen LogP) is 3.78. The Morgan fingerprint density at radius 2 is 1.55 bits per heavy atom. The number of amides is 1. The fourth-order valence-corrected chi connectivity index (χ4v) is 6.11. The zero-order chi connectivity index (χ0) is 23.3. The van der Waals surface area contributed by atoms with Crippen molar-refractivity contribution in [2.75, 3.05) is 39.8 Å². The van der Waals surface area contributed by atoms with Gasteiger partial charge in [-0.05, 0) is 49.2 Å². The highest BCUT2D eigenvalue weighted by molar-refractivity contribution is 7.89. The fraction of sp³-hybridized carbons (Fsp3) is 0.423. The van der Waals surface area contributed by atoms with Crippen molar-refractivity contribution in [3.8, 4) is 0 Å². The van der Waals surface area contributed by atoms with Crippen molar-refractivity contribution in [3.63, 3.8) is 0 Å². The van der Waals surface area contributed by atoms with Gasteiger partial charge in [-0.1, -0.05) is 55.3 Å². The maximum Gasteiger partial charge on any atom is 0.247 e. The van der Waals surface area contributed by atoms with Crippen molar-refractivity contribution in [1.82, 2.24) is 14.1 Å². The smallest absolute Gasteiger partial charge is 0.247 e. The summed E-state index contributed by atoms with van der Waals surface area (Å²) < 4.78 is 27.5. The average molecular weight is 468 g/mol. The quantitative estimate of drug-likeness (QED) is 0.628. The number of hydrogen-bond acceptors (Lipinski definition) is 4. The van der Waals surface area contributed by atoms with Gasteiger partial charge in [-0.25, -0.2) is 8.42 Å². The minimum atomic E-state index is -3.46. The summed E-state index contributed by atoms with van der Waals surface area (Å²) in [7, 11) is -1.39. The number of nitrogens with zero attached hydrogens (tertiary/aromatic N) is 3. The molecule has 0 N–H and O–H groups in total. The first-order chi connectivity index (χ1) is 15.9. The van der Waals surface area contributed by atoms with Crippen LogP contribution in [0.3, 0.4) is 0 Å². The third-order valence-corrected chi connectivity index (χ3v) is 8.47. The Hall–Kier alpha value is -2.48. The van der Waals surface area contributed by atoms with Gasteiger partial charge in [0.2, 0.25) is 15.9 Å². The first kappa shape index (κ1) is 23.7. The van der Waals surface area contributed by atoms with Crippen LogP contribution in [0, 0.1) is 0 Å². The molecule has 4 rings (SSSR count). The first-order valence-corrected chi connectivity index (χ1v) is 13.2. The highest BCUT2D eigenvalue weighted by atomic mass is 32.2. The molecule has 7 heteroatoms. The van der Waals surface area contributed by atoms with Crippen molar-refractivity contribution in [2.45, 2.75) is 36.6 Å². The summed E-state index contributed by atoms with van der Waals surface area (Å²) in [6.45, 7) is 3.49. The topological polar surface area (TPSA) is 60.9 Å². The van der Waals surface area contributed by atoms with E-state index in [4.69, 9.17) is 0 Å². The van der Waals surface area contributed by atoms with E-state index in [0.717, 1.165) is 49.9 Å². The van der Waals surface area contributed by atoms with Crippen LogP contribution >= 0.6 is 0 Å². The van der Waals surface area contributed by atoms with Crippen LogP contribution in [0.15, 0.2) is 65.6 Å². The molecule has 2 aliphatic heterocycles. The number of rotatable bonds is 5. The maximum absolute atomic E-state index is 13.0. The standard InChI is InChI=1S/C26H33N3O3S/c1-27-19-20-29(25(21-27)23-9-5-4-6-10-23)26(30)16-13-22-11-14-24(15-12-22)33(31,32)28-17-7-2-3-8-18-28/h4-6,9-16,25H,2-3,7-8,17-21H2,1H3/b16-13+/t25-/m0/s1. The molecule has 2 saturated heterocycles. The molecule has 2 aliphatic rings. The molecular weight excluding hydrogens is 434 g/mol. The monoisotopic (exact) mass is 467 g/mol. The molecule has 0 aromatic heterocycles. The maximum atomic E-state index is 13.0. The lowest BCUT2D eigenvalue weighted by atomic mass is 10.0. The molecule has 2 heterocycles. The van der Waals surface area contributed by atoms with Gasteiger partial charge in [-0.15, -0.1) is 0 Å². The second kappa shape index (κ2) is 10.6. The van der Waals surface area contributed by atoms with Crippen molar-refractivity contribution < 1.29 is 13.2 Å². The molecular formula is C26H33N3O3S. The number of carbonyl (C=O) groups is 1. The van der Waals surface area contributed by atoms with Crippen LogP contribution in [-0.4, -0.2) is 68.2 Å². The number of hydrogen-bond donors (Lipinski definition) is 0. The van der Waals surface area contributed by atoms with E-state index in [1.54, 1.807) is 40.7 Å². The van der Waals surface area contributed by atoms with Crippen LogP contribution in [0.4, 0.5) is 0 Å². The summed E-state index contributed by atoms with van der Waals surface area (Å²) in [5.74, 6) is -0.0294. The molecule has 1 amide bonds. The van der Waals surface area contributed by atoms with Gasteiger partial charge in [0, 0.05) is 38.8 Å². The van der Waals surface area contributed by atoms with E-state index in [0.29, 0.717) is 24.5 Å². The molecule has 2 aromatic rings. The summed E-state index contributed by atoms with van der Waals surface area (Å²) in [4.78, 5) is 17.5. The number of carbonyl (C=O) groups excluding carboxylic acids is 1. The summed E-state index contributed by atoms with van der Waals surface area (Å²) in [5, 5.41) is 0. The second-order valence-electron chi connectivity index (χ2n) is 8.94. The van der Waals surface area contributed by atoms with Gasteiger partial charge in [0.05, 0.1) is 10.9 Å². The summed E-state index contributed by atoms with van der Waals surface area (Å²) in [6.07, 6.45) is 7.37. The lowest BCUT2D eigenvalue weighted by Gasteiger charge is -2.40. The van der Waals surface area contributed by atoms with E-state index in [1.165, 1.54) is 0 Å².